The Morgan fingerprint density at radius 2 is 0.173 bits per heavy atom. The predicted molar refractivity (Wildman–Crippen MR) is 492 cm³/mol. The maximum absolute atomic E-state index is 11.2. The largest absolute Gasteiger partial charge is 0.481 e. The minimum absolute atomic E-state index is 0.0934. The Kier molecular flexibility index (Phi) is 85.2. The van der Waals surface area contributed by atoms with E-state index < -0.39 is 71.6 Å². The van der Waals surface area contributed by atoms with Crippen molar-refractivity contribution in [3.05, 3.63) is 0 Å². The van der Waals surface area contributed by atoms with E-state index in [9.17, 15) is 119 Å². The van der Waals surface area contributed by atoms with Gasteiger partial charge in [-0.3, -0.25) is 57.5 Å². The van der Waals surface area contributed by atoms with Gasteiger partial charge in [0.2, 0.25) is 0 Å². The zero-order chi connectivity index (χ0) is 98.2. The van der Waals surface area contributed by atoms with Gasteiger partial charge in [-0.15, -0.1) is 0 Å². The number of aliphatic carboxylic acids is 12. The fourth-order valence-electron chi connectivity index (χ4n) is 14.3. The summed E-state index contributed by atoms with van der Waals surface area (Å²) in [6, 6.07) is 0. The Hall–Kier alpha value is -7.12. The van der Waals surface area contributed by atoms with Crippen LogP contribution in [0.15, 0.2) is 0 Å². The Labute approximate surface area is 786 Å². The lowest BCUT2D eigenvalue weighted by atomic mass is 10.3. The van der Waals surface area contributed by atoms with Crippen LogP contribution in [0.5, 0.6) is 0 Å². The number of carbonyl (C=O) groups is 12. The first kappa shape index (κ1) is 126. The summed E-state index contributed by atoms with van der Waals surface area (Å²) >= 11 is 0. The van der Waals surface area contributed by atoms with Crippen LogP contribution in [0.4, 0.5) is 0 Å². The average molecular weight is 1920 g/mol. The van der Waals surface area contributed by atoms with Crippen molar-refractivity contribution >= 4 is 71.6 Å². The minimum atomic E-state index is -0.956. The smallest absolute Gasteiger partial charge is 0.304 e. The van der Waals surface area contributed by atoms with E-state index in [0.717, 1.165) is 156 Å². The SMILES string of the molecule is O=C(O)CCN(CCCOCCCN(CCCOCCCN(CCCOCCCN(CCCOCCCN(CCC(=O)O)CCC(=O)O)CCCOCCCN(CCC(=O)O)CCC(=O)O)CCCOCCCN(CCCOCCCN(CCC(=O)O)CCC(=O)O)CCCOCCCN(CCC(=O)O)CCC(=O)O)CCCOCCCN(CCC(=O)O)CCC(=O)O)CCC(=O)O. The molecule has 43 heteroatoms. The monoisotopic (exact) mass is 1920 g/mol. The second-order valence-electron chi connectivity index (χ2n) is 33.0. The van der Waals surface area contributed by atoms with Crippen molar-refractivity contribution in [3.63, 3.8) is 0 Å². The van der Waals surface area contributed by atoms with E-state index in [1.54, 1.807) is 0 Å². The van der Waals surface area contributed by atoms with Crippen molar-refractivity contribution in [2.24, 2.45) is 0 Å². The molecule has 0 bridgehead atoms. The van der Waals surface area contributed by atoms with Crippen molar-refractivity contribution in [3.8, 4) is 0 Å². The van der Waals surface area contributed by atoms with E-state index in [1.807, 2.05) is 29.4 Å². The maximum Gasteiger partial charge on any atom is 0.304 e. The molecule has 0 amide bonds. The van der Waals surface area contributed by atoms with Crippen LogP contribution in [-0.2, 0) is 100 Å². The van der Waals surface area contributed by atoms with Crippen LogP contribution < -0.4 is 0 Å². The summed E-state index contributed by atoms with van der Waals surface area (Å²) in [5.41, 5.74) is 0. The maximum atomic E-state index is 11.2. The van der Waals surface area contributed by atoms with E-state index in [1.165, 1.54) is 0 Å². The number of carboxylic acid groups (broad SMARTS) is 12. The third kappa shape index (κ3) is 92.4. The number of rotatable bonds is 108. The standard InChI is InChI=1S/C90H168N10O33/c101-79(102)19-49-95(50-20-80(103)104)43-13-73-128-67-7-37-92(38-8-68-129-74-14-44-96(51-21-81(105)106)52-22-82(107)108)34-4-64-125-61-1-31-91(32-2-62-126-65-5-35-93(39-9-69-130-75-15-45-97(53-23-83(109)110)54-24-84(111)112)40-10-70-131-76-16-46-98(55-25-85(113)114)56-26-86(115)116)33-3-63-127-66-6-36-94(41-11-71-132-77-17-47-99(57-27-87(117)118)58-28-88(119)120)42-12-72-133-78-18-48-100(59-29-89(121)122)60-30-90(123)124/h1-78H2,(H,101,102)(H,103,104)(H,105,106)(H,107,108)(H,109,110)(H,111,112)(H,113,114)(H,115,116)(H,117,118)(H,119,120)(H,121,122)(H,123,124). The van der Waals surface area contributed by atoms with E-state index in [0.29, 0.717) is 197 Å². The molecule has 0 saturated heterocycles. The van der Waals surface area contributed by atoms with E-state index in [4.69, 9.17) is 42.6 Å². The normalized spacial score (nSPS) is 11.9. The molecule has 0 rings (SSSR count). The van der Waals surface area contributed by atoms with Gasteiger partial charge in [0.1, 0.15) is 0 Å². The number of carboxylic acids is 12. The van der Waals surface area contributed by atoms with Gasteiger partial charge in [-0.1, -0.05) is 0 Å². The van der Waals surface area contributed by atoms with Gasteiger partial charge in [0, 0.05) is 315 Å². The molecule has 0 aromatic carbocycles. The van der Waals surface area contributed by atoms with Crippen LogP contribution in [-0.4, -0.2) is 497 Å². The van der Waals surface area contributed by atoms with Gasteiger partial charge in [0.15, 0.2) is 0 Å². The lowest BCUT2D eigenvalue weighted by molar-refractivity contribution is -0.139. The van der Waals surface area contributed by atoms with Crippen LogP contribution in [0.2, 0.25) is 0 Å². The van der Waals surface area contributed by atoms with Gasteiger partial charge in [-0.25, -0.2) is 0 Å². The topological polar surface area (TPSA) is 563 Å². The Morgan fingerprint density at radius 1 is 0.113 bits per heavy atom. The Morgan fingerprint density at radius 3 is 0.233 bits per heavy atom. The molecule has 43 nitrogen and oxygen atoms in total. The molecule has 12 N–H and O–H groups in total. The summed E-state index contributed by atoms with van der Waals surface area (Å²) in [4.78, 5) is 155. The van der Waals surface area contributed by atoms with Crippen molar-refractivity contribution in [2.45, 2.75) is 193 Å². The molecule has 133 heavy (non-hydrogen) atoms. The third-order valence-electron chi connectivity index (χ3n) is 21.4. The first-order valence-electron chi connectivity index (χ1n) is 48.1. The van der Waals surface area contributed by atoms with Crippen LogP contribution >= 0.6 is 0 Å². The number of ether oxygens (including phenoxy) is 9. The quantitative estimate of drug-likeness (QED) is 0.0361. The van der Waals surface area contributed by atoms with Gasteiger partial charge >= 0.3 is 71.6 Å². The molecule has 0 aromatic rings. The van der Waals surface area contributed by atoms with Crippen molar-refractivity contribution in [1.29, 1.82) is 0 Å². The lowest BCUT2D eigenvalue weighted by Gasteiger charge is -2.24. The third-order valence-corrected chi connectivity index (χ3v) is 21.4. The molecule has 0 radical (unpaired) electrons. The Bertz CT molecular complexity index is 2400. The fourth-order valence-corrected chi connectivity index (χ4v) is 14.3. The molecular weight excluding hydrogens is 1750 g/mol. The van der Waals surface area contributed by atoms with Crippen LogP contribution in [0.1, 0.15) is 193 Å². The van der Waals surface area contributed by atoms with Crippen LogP contribution in [0.3, 0.4) is 0 Å². The zero-order valence-corrected chi connectivity index (χ0v) is 79.6. The first-order valence-corrected chi connectivity index (χ1v) is 48.1. The highest BCUT2D eigenvalue weighted by Crippen LogP contribution is 2.11. The molecule has 776 valence electrons. The van der Waals surface area contributed by atoms with E-state index >= 15 is 0 Å². The summed E-state index contributed by atoms with van der Waals surface area (Å²) in [5.74, 6) is -11.5. The lowest BCUT2D eigenvalue weighted by Crippen LogP contribution is -2.31. The van der Waals surface area contributed by atoms with Gasteiger partial charge < -0.3 is 153 Å². The number of nitrogens with zero attached hydrogens (tertiary/aromatic N) is 10. The van der Waals surface area contributed by atoms with Gasteiger partial charge in [0.05, 0.1) is 77.0 Å². The average Bonchev–Trinajstić information content (AvgIpc) is 1.01. The van der Waals surface area contributed by atoms with Gasteiger partial charge in [-0.05, 0) is 116 Å². The highest BCUT2D eigenvalue weighted by Gasteiger charge is 2.19. The second kappa shape index (κ2) is 90.1. The van der Waals surface area contributed by atoms with Crippen molar-refractivity contribution in [1.82, 2.24) is 49.0 Å². The molecule has 0 saturated carbocycles. The molecule has 0 atom stereocenters. The highest BCUT2D eigenvalue weighted by atomic mass is 16.5. The molecule has 0 aliphatic carbocycles. The van der Waals surface area contributed by atoms with E-state index in [-0.39, 0.29) is 156 Å². The summed E-state index contributed by atoms with van der Waals surface area (Å²) in [7, 11) is 0. The first-order chi connectivity index (χ1) is 64.0. The molecular formula is C90H168N10O33. The molecule has 0 aromatic heterocycles. The van der Waals surface area contributed by atoms with Crippen LogP contribution in [0, 0.1) is 0 Å². The second-order valence-corrected chi connectivity index (χ2v) is 33.0. The molecule has 0 aliphatic rings. The van der Waals surface area contributed by atoms with Gasteiger partial charge in [0.25, 0.3) is 0 Å². The predicted octanol–water partition coefficient (Wildman–Crippen LogP) is 4.87. The molecule has 0 heterocycles. The highest BCUT2D eigenvalue weighted by molar-refractivity contribution is 5.70. The summed E-state index contributed by atoms with van der Waals surface area (Å²) < 4.78 is 54.8. The summed E-state index contributed by atoms with van der Waals surface area (Å²) in [6.07, 6.45) is 11.6. The molecule has 0 unspecified atom stereocenters. The minimum Gasteiger partial charge on any atom is -0.481 e. The fraction of sp³-hybridized carbons (Fsp3) is 0.867. The van der Waals surface area contributed by atoms with Crippen molar-refractivity contribution in [2.75, 3.05) is 315 Å². The molecule has 0 aliphatic heterocycles. The van der Waals surface area contributed by atoms with Crippen LogP contribution in [0.25, 0.3) is 0 Å². The van der Waals surface area contributed by atoms with Gasteiger partial charge in [-0.2, -0.15) is 0 Å². The number of hydrogen-bond acceptors (Lipinski definition) is 31. The summed E-state index contributed by atoms with van der Waals surface area (Å²) in [5, 5.41) is 111. The molecule has 0 fully saturated rings. The molecule has 0 spiro atoms. The zero-order valence-electron chi connectivity index (χ0n) is 79.6. The Balaban J connectivity index is 6.34. The van der Waals surface area contributed by atoms with Crippen molar-refractivity contribution < 1.29 is 161 Å². The number of hydrogen-bond donors (Lipinski definition) is 12. The van der Waals surface area contributed by atoms with E-state index in [2.05, 4.69) is 19.6 Å². The summed E-state index contributed by atoms with van der Waals surface area (Å²) in [6.45, 7) is 23.7.